The topological polar surface area (TPSA) is 108 Å². The number of esters is 2. The Kier molecular flexibility index (Phi) is 8.39. The number of carbonyl (C=O) groups is 3. The summed E-state index contributed by atoms with van der Waals surface area (Å²) in [6.07, 6.45) is 5.92. The first kappa shape index (κ1) is 32.5. The summed E-state index contributed by atoms with van der Waals surface area (Å²) in [6.45, 7) is 9.04. The van der Waals surface area contributed by atoms with Crippen molar-refractivity contribution in [2.24, 2.45) is 34.5 Å². The molecular formula is C35H42BrClN2O6. The fraction of sp³-hybridized carbons (Fsp3) is 0.600. The minimum absolute atomic E-state index is 0.0944. The van der Waals surface area contributed by atoms with Gasteiger partial charge in [-0.25, -0.2) is 4.68 Å². The molecule has 3 fully saturated rings. The Balaban J connectivity index is 1.38. The SMILES string of the molecule is CCC(=O)OCC(=O)[C@@]1(OC(=O)CC)[C@H](C)C[C@H]2[C@H]3[C@H]([C@@H](O)C[C@@]21C)[C@@]1(C)Cc2cn(-c4cccc(Br)c4)nc2C=C1C[C@H]3Cl. The summed E-state index contributed by atoms with van der Waals surface area (Å²) < 4.78 is 14.4. The Morgan fingerprint density at radius 1 is 1.18 bits per heavy atom. The maximum atomic E-state index is 14.1. The first-order valence-electron chi connectivity index (χ1n) is 16.1. The van der Waals surface area contributed by atoms with Gasteiger partial charge in [-0.1, -0.05) is 62.2 Å². The lowest BCUT2D eigenvalue weighted by Crippen LogP contribution is -2.66. The van der Waals surface area contributed by atoms with Crippen molar-refractivity contribution in [3.05, 3.63) is 51.8 Å². The predicted octanol–water partition coefficient (Wildman–Crippen LogP) is 6.47. The van der Waals surface area contributed by atoms with Crippen molar-refractivity contribution >= 4 is 51.3 Å². The second-order valence-corrected chi connectivity index (χ2v) is 15.5. The van der Waals surface area contributed by atoms with Crippen LogP contribution in [0.4, 0.5) is 0 Å². The lowest BCUT2D eigenvalue weighted by atomic mass is 9.45. The molecule has 1 aromatic heterocycles. The molecule has 0 unspecified atom stereocenters. The van der Waals surface area contributed by atoms with E-state index in [9.17, 15) is 19.5 Å². The molecule has 4 aliphatic carbocycles. The number of rotatable bonds is 7. The van der Waals surface area contributed by atoms with E-state index in [1.165, 1.54) is 5.57 Å². The van der Waals surface area contributed by atoms with Gasteiger partial charge in [0.25, 0.3) is 0 Å². The molecule has 1 heterocycles. The summed E-state index contributed by atoms with van der Waals surface area (Å²) in [5.41, 5.74) is 1.38. The van der Waals surface area contributed by atoms with Crippen molar-refractivity contribution in [2.45, 2.75) is 90.2 Å². The van der Waals surface area contributed by atoms with Crippen LogP contribution >= 0.6 is 27.5 Å². The highest BCUT2D eigenvalue weighted by molar-refractivity contribution is 9.10. The number of halogens is 2. The van der Waals surface area contributed by atoms with E-state index in [4.69, 9.17) is 26.2 Å². The van der Waals surface area contributed by atoms with Crippen molar-refractivity contribution in [3.8, 4) is 5.69 Å². The number of aliphatic hydroxyl groups is 1. The van der Waals surface area contributed by atoms with Crippen LogP contribution in [-0.2, 0) is 30.3 Å². The van der Waals surface area contributed by atoms with Gasteiger partial charge in [0.2, 0.25) is 5.78 Å². The summed E-state index contributed by atoms with van der Waals surface area (Å²) in [5, 5.41) is 16.8. The standard InChI is InChI=1S/C35H42BrClN2O6/c1-6-29(42)44-18-28(41)35(45-30(43)7-2)19(3)11-24-31-25(37)12-21-13-26-20(17-39(38-26)23-10-8-9-22(36)14-23)15-33(21,4)32(31)27(40)16-34(24,35)5/h8-10,13-14,17,19,24-25,27,31-32,40H,6-7,11-12,15-16,18H2,1-5H3/t19-,24+,25-,27+,31-,32+,33+,34+,35+/m1/s1. The van der Waals surface area contributed by atoms with Crippen LogP contribution < -0.4 is 0 Å². The zero-order valence-electron chi connectivity index (χ0n) is 26.5. The molecule has 9 atom stereocenters. The summed E-state index contributed by atoms with van der Waals surface area (Å²) in [6, 6.07) is 8.01. The van der Waals surface area contributed by atoms with Gasteiger partial charge in [0.05, 0.1) is 17.5 Å². The van der Waals surface area contributed by atoms with Crippen LogP contribution in [0, 0.1) is 34.5 Å². The zero-order chi connectivity index (χ0) is 32.5. The Hall–Kier alpha value is -2.49. The molecule has 6 rings (SSSR count). The summed E-state index contributed by atoms with van der Waals surface area (Å²) in [7, 11) is 0. The molecular weight excluding hydrogens is 660 g/mol. The number of aliphatic hydroxyl groups excluding tert-OH is 1. The van der Waals surface area contributed by atoms with Gasteiger partial charge in [-0.15, -0.1) is 11.6 Å². The maximum absolute atomic E-state index is 14.1. The highest BCUT2D eigenvalue weighted by atomic mass is 79.9. The van der Waals surface area contributed by atoms with Gasteiger partial charge in [0, 0.05) is 40.2 Å². The first-order valence-corrected chi connectivity index (χ1v) is 17.3. The maximum Gasteiger partial charge on any atom is 0.306 e. The van der Waals surface area contributed by atoms with Crippen molar-refractivity contribution in [3.63, 3.8) is 0 Å². The highest BCUT2D eigenvalue weighted by Gasteiger charge is 2.74. The van der Waals surface area contributed by atoms with Gasteiger partial charge in [-0.2, -0.15) is 5.10 Å². The molecule has 1 N–H and O–H groups in total. The van der Waals surface area contributed by atoms with E-state index in [2.05, 4.69) is 35.1 Å². The van der Waals surface area contributed by atoms with E-state index in [1.807, 2.05) is 42.8 Å². The molecule has 1 aromatic carbocycles. The molecule has 0 radical (unpaired) electrons. The molecule has 0 bridgehead atoms. The van der Waals surface area contributed by atoms with E-state index < -0.39 is 41.4 Å². The van der Waals surface area contributed by atoms with Crippen molar-refractivity contribution in [1.82, 2.24) is 9.78 Å². The molecule has 0 saturated heterocycles. The van der Waals surface area contributed by atoms with Gasteiger partial charge in [-0.05, 0) is 78.7 Å². The molecule has 4 aliphatic rings. The van der Waals surface area contributed by atoms with Crippen LogP contribution in [0.1, 0.15) is 78.0 Å². The van der Waals surface area contributed by atoms with Crippen LogP contribution in [0.15, 0.2) is 40.5 Å². The Morgan fingerprint density at radius 2 is 1.91 bits per heavy atom. The summed E-state index contributed by atoms with van der Waals surface area (Å²) >= 11 is 10.9. The third kappa shape index (κ3) is 4.94. The fourth-order valence-corrected chi connectivity index (χ4v) is 10.5. The van der Waals surface area contributed by atoms with E-state index in [-0.39, 0.29) is 53.7 Å². The average molecular weight is 702 g/mol. The van der Waals surface area contributed by atoms with Crippen molar-refractivity contribution in [2.75, 3.05) is 6.61 Å². The minimum Gasteiger partial charge on any atom is -0.457 e. The predicted molar refractivity (Wildman–Crippen MR) is 174 cm³/mol. The van der Waals surface area contributed by atoms with Gasteiger partial charge >= 0.3 is 11.9 Å². The number of aromatic nitrogens is 2. The Morgan fingerprint density at radius 3 is 2.60 bits per heavy atom. The molecule has 45 heavy (non-hydrogen) atoms. The number of allylic oxidation sites excluding steroid dienone is 1. The number of fused-ring (bicyclic) bond motifs is 6. The number of ketones is 1. The molecule has 2 aromatic rings. The molecule has 0 amide bonds. The Bertz CT molecular complexity index is 1570. The van der Waals surface area contributed by atoms with E-state index in [0.717, 1.165) is 21.4 Å². The van der Waals surface area contributed by atoms with Gasteiger partial charge in [-0.3, -0.25) is 14.4 Å². The quantitative estimate of drug-likeness (QED) is 0.261. The largest absolute Gasteiger partial charge is 0.457 e. The lowest BCUT2D eigenvalue weighted by Gasteiger charge is -2.61. The minimum atomic E-state index is -1.54. The van der Waals surface area contributed by atoms with Gasteiger partial charge in [0.1, 0.15) is 0 Å². The third-order valence-corrected chi connectivity index (χ3v) is 12.5. The number of ether oxygens (including phenoxy) is 2. The Labute approximate surface area is 278 Å². The number of hydrogen-bond acceptors (Lipinski definition) is 7. The smallest absolute Gasteiger partial charge is 0.306 e. The number of alkyl halides is 1. The fourth-order valence-electron chi connectivity index (χ4n) is 9.64. The van der Waals surface area contributed by atoms with E-state index in [1.54, 1.807) is 13.8 Å². The lowest BCUT2D eigenvalue weighted by molar-refractivity contribution is -0.207. The molecule has 3 saturated carbocycles. The molecule has 0 spiro atoms. The second-order valence-electron chi connectivity index (χ2n) is 14.0. The first-order chi connectivity index (χ1) is 21.3. The van der Waals surface area contributed by atoms with Gasteiger partial charge in [0.15, 0.2) is 12.2 Å². The molecule has 0 aliphatic heterocycles. The van der Waals surface area contributed by atoms with E-state index in [0.29, 0.717) is 19.3 Å². The molecule has 10 heteroatoms. The highest BCUT2D eigenvalue weighted by Crippen LogP contribution is 2.70. The number of hydrogen-bond donors (Lipinski definition) is 1. The van der Waals surface area contributed by atoms with Crippen molar-refractivity contribution in [1.29, 1.82) is 0 Å². The van der Waals surface area contributed by atoms with Crippen LogP contribution in [-0.4, -0.2) is 56.3 Å². The molecule has 242 valence electrons. The number of nitrogens with zero attached hydrogens (tertiary/aromatic N) is 2. The summed E-state index contributed by atoms with van der Waals surface area (Å²) in [5.74, 6) is -2.14. The zero-order valence-corrected chi connectivity index (χ0v) is 28.9. The van der Waals surface area contributed by atoms with Crippen LogP contribution in [0.5, 0.6) is 0 Å². The van der Waals surface area contributed by atoms with Crippen LogP contribution in [0.3, 0.4) is 0 Å². The van der Waals surface area contributed by atoms with Crippen LogP contribution in [0.2, 0.25) is 0 Å². The number of carbonyl (C=O) groups excluding carboxylic acids is 3. The van der Waals surface area contributed by atoms with Crippen LogP contribution in [0.25, 0.3) is 11.8 Å². The van der Waals surface area contributed by atoms with Crippen molar-refractivity contribution < 1.29 is 29.0 Å². The van der Waals surface area contributed by atoms with E-state index >= 15 is 0 Å². The summed E-state index contributed by atoms with van der Waals surface area (Å²) in [4.78, 5) is 39.1. The number of benzene rings is 1. The number of Topliss-reactive ketones (excluding diaryl/α,β-unsaturated/α-hetero) is 1. The third-order valence-electron chi connectivity index (χ3n) is 11.6. The second kappa shape index (κ2) is 11.6. The normalized spacial score (nSPS) is 36.6. The van der Waals surface area contributed by atoms with Gasteiger partial charge < -0.3 is 14.6 Å². The monoisotopic (exact) mass is 700 g/mol. The molecule has 8 nitrogen and oxygen atoms in total. The average Bonchev–Trinajstić information content (AvgIpc) is 3.49.